The van der Waals surface area contributed by atoms with Crippen molar-refractivity contribution in [1.29, 1.82) is 0 Å². The van der Waals surface area contributed by atoms with Gasteiger partial charge in [-0.2, -0.15) is 0 Å². The lowest BCUT2D eigenvalue weighted by molar-refractivity contribution is -0.116. The van der Waals surface area contributed by atoms with Crippen molar-refractivity contribution >= 4 is 11.6 Å². The van der Waals surface area contributed by atoms with Gasteiger partial charge in [0.1, 0.15) is 0 Å². The molecule has 0 aromatic heterocycles. The summed E-state index contributed by atoms with van der Waals surface area (Å²) in [4.78, 5) is 14.3. The maximum Gasteiger partial charge on any atom is 0.224 e. The van der Waals surface area contributed by atoms with Gasteiger partial charge in [0.25, 0.3) is 0 Å². The number of carbonyl (C=O) groups is 1. The predicted octanol–water partition coefficient (Wildman–Crippen LogP) is 2.21. The van der Waals surface area contributed by atoms with Crippen LogP contribution in [0.25, 0.3) is 0 Å². The molecular formula is C16H25N3O. The SMILES string of the molecule is CC1CCN(CCCC(=O)Nc2cccc(CN)c2)C1. The fourth-order valence-electron chi connectivity index (χ4n) is 2.69. The highest BCUT2D eigenvalue weighted by molar-refractivity contribution is 5.90. The summed E-state index contributed by atoms with van der Waals surface area (Å²) in [5, 5.41) is 2.94. The molecule has 1 atom stereocenters. The van der Waals surface area contributed by atoms with Gasteiger partial charge >= 0.3 is 0 Å². The number of likely N-dealkylation sites (tertiary alicyclic amines) is 1. The van der Waals surface area contributed by atoms with Gasteiger partial charge in [0.15, 0.2) is 0 Å². The average Bonchev–Trinajstić information content (AvgIpc) is 2.84. The number of carbonyl (C=O) groups excluding carboxylic acids is 1. The molecule has 1 heterocycles. The Morgan fingerprint density at radius 2 is 2.35 bits per heavy atom. The van der Waals surface area contributed by atoms with E-state index in [2.05, 4.69) is 17.1 Å². The van der Waals surface area contributed by atoms with Crippen molar-refractivity contribution in [2.75, 3.05) is 25.0 Å². The molecule has 20 heavy (non-hydrogen) atoms. The number of benzene rings is 1. The minimum Gasteiger partial charge on any atom is -0.326 e. The second kappa shape index (κ2) is 7.41. The summed E-state index contributed by atoms with van der Waals surface area (Å²) in [5.74, 6) is 0.897. The van der Waals surface area contributed by atoms with Crippen LogP contribution in [0.15, 0.2) is 24.3 Å². The molecule has 0 saturated carbocycles. The first kappa shape index (κ1) is 15.0. The number of rotatable bonds is 6. The molecule has 1 aromatic carbocycles. The van der Waals surface area contributed by atoms with Gasteiger partial charge in [0.2, 0.25) is 5.91 Å². The van der Waals surface area contributed by atoms with Crippen molar-refractivity contribution in [3.8, 4) is 0 Å². The molecule has 0 bridgehead atoms. The van der Waals surface area contributed by atoms with Gasteiger partial charge in [0, 0.05) is 25.2 Å². The third-order valence-corrected chi connectivity index (χ3v) is 3.83. The van der Waals surface area contributed by atoms with Crippen molar-refractivity contribution in [3.05, 3.63) is 29.8 Å². The lowest BCUT2D eigenvalue weighted by Gasteiger charge is -2.14. The van der Waals surface area contributed by atoms with E-state index >= 15 is 0 Å². The number of nitrogens with one attached hydrogen (secondary N) is 1. The third kappa shape index (κ3) is 4.62. The highest BCUT2D eigenvalue weighted by Crippen LogP contribution is 2.15. The van der Waals surface area contributed by atoms with E-state index in [1.54, 1.807) is 0 Å². The summed E-state index contributed by atoms with van der Waals surface area (Å²) in [5.41, 5.74) is 7.47. The summed E-state index contributed by atoms with van der Waals surface area (Å²) in [6.45, 7) is 6.18. The van der Waals surface area contributed by atoms with E-state index in [0.29, 0.717) is 13.0 Å². The Morgan fingerprint density at radius 1 is 1.50 bits per heavy atom. The van der Waals surface area contributed by atoms with Gasteiger partial charge in [0.05, 0.1) is 0 Å². The standard InChI is InChI=1S/C16H25N3O/c1-13-7-9-19(12-13)8-3-6-16(20)18-15-5-2-4-14(10-15)11-17/h2,4-5,10,13H,3,6-9,11-12,17H2,1H3,(H,18,20). The zero-order valence-electron chi connectivity index (χ0n) is 12.3. The van der Waals surface area contributed by atoms with Crippen LogP contribution in [-0.2, 0) is 11.3 Å². The van der Waals surface area contributed by atoms with Crippen LogP contribution in [0.2, 0.25) is 0 Å². The normalized spacial score (nSPS) is 19.2. The quantitative estimate of drug-likeness (QED) is 0.837. The Morgan fingerprint density at radius 3 is 3.05 bits per heavy atom. The molecule has 3 N–H and O–H groups in total. The van der Waals surface area contributed by atoms with E-state index in [-0.39, 0.29) is 5.91 Å². The topological polar surface area (TPSA) is 58.4 Å². The van der Waals surface area contributed by atoms with Gasteiger partial charge < -0.3 is 16.0 Å². The first-order valence-electron chi connectivity index (χ1n) is 7.48. The minimum absolute atomic E-state index is 0.0893. The van der Waals surface area contributed by atoms with Crippen molar-refractivity contribution in [1.82, 2.24) is 4.90 Å². The number of nitrogens with zero attached hydrogens (tertiary/aromatic N) is 1. The monoisotopic (exact) mass is 275 g/mol. The van der Waals surface area contributed by atoms with Gasteiger partial charge in [-0.05, 0) is 49.5 Å². The third-order valence-electron chi connectivity index (χ3n) is 3.83. The van der Waals surface area contributed by atoms with Gasteiger partial charge in [-0.25, -0.2) is 0 Å². The largest absolute Gasteiger partial charge is 0.326 e. The Labute approximate surface area is 121 Å². The zero-order valence-corrected chi connectivity index (χ0v) is 12.3. The Bertz CT molecular complexity index is 447. The first-order valence-corrected chi connectivity index (χ1v) is 7.48. The predicted molar refractivity (Wildman–Crippen MR) is 82.4 cm³/mol. The lowest BCUT2D eigenvalue weighted by atomic mass is 10.2. The van der Waals surface area contributed by atoms with Crippen LogP contribution in [0, 0.1) is 5.92 Å². The van der Waals surface area contributed by atoms with Crippen LogP contribution in [0.3, 0.4) is 0 Å². The fraction of sp³-hybridized carbons (Fsp3) is 0.562. The van der Waals surface area contributed by atoms with E-state index in [0.717, 1.165) is 30.1 Å². The van der Waals surface area contributed by atoms with Crippen molar-refractivity contribution < 1.29 is 4.79 Å². The molecule has 1 saturated heterocycles. The Kier molecular flexibility index (Phi) is 5.56. The molecule has 1 unspecified atom stereocenters. The van der Waals surface area contributed by atoms with E-state index in [1.807, 2.05) is 24.3 Å². The molecule has 4 nitrogen and oxygen atoms in total. The molecule has 1 aliphatic rings. The molecule has 1 aromatic rings. The summed E-state index contributed by atoms with van der Waals surface area (Å²) < 4.78 is 0. The maximum atomic E-state index is 11.9. The van der Waals surface area contributed by atoms with Crippen LogP contribution in [0.5, 0.6) is 0 Å². The molecule has 1 fully saturated rings. The summed E-state index contributed by atoms with van der Waals surface area (Å²) in [6, 6.07) is 7.72. The van der Waals surface area contributed by atoms with Crippen molar-refractivity contribution in [3.63, 3.8) is 0 Å². The van der Waals surface area contributed by atoms with Crippen LogP contribution < -0.4 is 11.1 Å². The second-order valence-corrected chi connectivity index (χ2v) is 5.75. The van der Waals surface area contributed by atoms with Crippen molar-refractivity contribution in [2.24, 2.45) is 11.7 Å². The van der Waals surface area contributed by atoms with Gasteiger partial charge in [-0.15, -0.1) is 0 Å². The number of anilines is 1. The number of hydrogen-bond acceptors (Lipinski definition) is 3. The first-order chi connectivity index (χ1) is 9.67. The molecule has 0 radical (unpaired) electrons. The number of hydrogen-bond donors (Lipinski definition) is 2. The molecule has 1 aliphatic heterocycles. The van der Waals surface area contributed by atoms with Gasteiger partial charge in [-0.1, -0.05) is 19.1 Å². The highest BCUT2D eigenvalue weighted by atomic mass is 16.1. The van der Waals surface area contributed by atoms with Crippen LogP contribution in [-0.4, -0.2) is 30.4 Å². The summed E-state index contributed by atoms with van der Waals surface area (Å²) >= 11 is 0. The lowest BCUT2D eigenvalue weighted by Crippen LogP contribution is -2.23. The van der Waals surface area contributed by atoms with Crippen molar-refractivity contribution in [2.45, 2.75) is 32.7 Å². The van der Waals surface area contributed by atoms with E-state index < -0.39 is 0 Å². The number of nitrogens with two attached hydrogens (primary N) is 1. The number of amides is 1. The Hall–Kier alpha value is -1.39. The maximum absolute atomic E-state index is 11.9. The molecule has 1 amide bonds. The molecular weight excluding hydrogens is 250 g/mol. The molecule has 2 rings (SSSR count). The fourth-order valence-corrected chi connectivity index (χ4v) is 2.69. The summed E-state index contributed by atoms with van der Waals surface area (Å²) in [6.07, 6.45) is 2.80. The van der Waals surface area contributed by atoms with E-state index in [9.17, 15) is 4.79 Å². The molecule has 0 spiro atoms. The second-order valence-electron chi connectivity index (χ2n) is 5.75. The highest BCUT2D eigenvalue weighted by Gasteiger charge is 2.17. The van der Waals surface area contributed by atoms with Crippen LogP contribution >= 0.6 is 0 Å². The van der Waals surface area contributed by atoms with Crippen LogP contribution in [0.1, 0.15) is 31.7 Å². The summed E-state index contributed by atoms with van der Waals surface area (Å²) in [7, 11) is 0. The van der Waals surface area contributed by atoms with E-state index in [4.69, 9.17) is 5.73 Å². The molecule has 110 valence electrons. The zero-order chi connectivity index (χ0) is 14.4. The van der Waals surface area contributed by atoms with E-state index in [1.165, 1.54) is 19.5 Å². The Balaban J connectivity index is 1.69. The molecule has 4 heteroatoms. The smallest absolute Gasteiger partial charge is 0.224 e. The van der Waals surface area contributed by atoms with Gasteiger partial charge in [-0.3, -0.25) is 4.79 Å². The average molecular weight is 275 g/mol. The molecule has 0 aliphatic carbocycles. The van der Waals surface area contributed by atoms with Crippen LogP contribution in [0.4, 0.5) is 5.69 Å². The minimum atomic E-state index is 0.0893.